The van der Waals surface area contributed by atoms with Gasteiger partial charge in [0.05, 0.1) is 11.1 Å². The van der Waals surface area contributed by atoms with Crippen LogP contribution in [0.3, 0.4) is 0 Å². The van der Waals surface area contributed by atoms with Gasteiger partial charge in [-0.2, -0.15) is 0 Å². The van der Waals surface area contributed by atoms with E-state index in [9.17, 15) is 13.2 Å². The van der Waals surface area contributed by atoms with E-state index in [1.54, 1.807) is 6.07 Å². The van der Waals surface area contributed by atoms with E-state index < -0.39 is 22.3 Å². The third-order valence-electron chi connectivity index (χ3n) is 2.22. The van der Waals surface area contributed by atoms with Crippen LogP contribution in [0.2, 0.25) is 0 Å². The smallest absolute Gasteiger partial charge is 0.173 e. The Labute approximate surface area is 112 Å². The number of halogens is 5. The quantitative estimate of drug-likeness (QED) is 0.683. The maximum Gasteiger partial charge on any atom is 0.173 e. The summed E-state index contributed by atoms with van der Waals surface area (Å²) in [5.41, 5.74) is 0.267. The van der Waals surface area contributed by atoms with Gasteiger partial charge in [-0.15, -0.1) is 0 Å². The summed E-state index contributed by atoms with van der Waals surface area (Å²) in [5, 5.41) is 0. The second-order valence-electron chi connectivity index (χ2n) is 3.30. The zero-order chi connectivity index (χ0) is 12.6. The molecule has 2 rings (SSSR count). The van der Waals surface area contributed by atoms with Gasteiger partial charge in [-0.3, -0.25) is 0 Å². The van der Waals surface area contributed by atoms with Gasteiger partial charge in [0.25, 0.3) is 0 Å². The van der Waals surface area contributed by atoms with Crippen molar-refractivity contribution in [3.63, 3.8) is 0 Å². The monoisotopic (exact) mass is 368 g/mol. The van der Waals surface area contributed by atoms with Crippen LogP contribution in [0.5, 0.6) is 0 Å². The fourth-order valence-corrected chi connectivity index (χ4v) is 3.01. The lowest BCUT2D eigenvalue weighted by Crippen LogP contribution is -2.01. The van der Waals surface area contributed by atoms with Crippen molar-refractivity contribution in [2.75, 3.05) is 0 Å². The highest BCUT2D eigenvalue weighted by molar-refractivity contribution is 9.10. The molecule has 0 radical (unpaired) electrons. The Hall–Kier alpha value is -0.750. The first-order valence-corrected chi connectivity index (χ1v) is 6.23. The summed E-state index contributed by atoms with van der Waals surface area (Å²) in [5.74, 6) is -2.84. The minimum absolute atomic E-state index is 0.256. The van der Waals surface area contributed by atoms with E-state index in [2.05, 4.69) is 31.9 Å². The molecule has 1 atom stereocenters. The molecular weight excluding hydrogens is 365 g/mol. The Morgan fingerprint density at radius 3 is 2.18 bits per heavy atom. The van der Waals surface area contributed by atoms with Crippen molar-refractivity contribution in [1.82, 2.24) is 0 Å². The van der Waals surface area contributed by atoms with Gasteiger partial charge < -0.3 is 4.42 Å². The predicted octanol–water partition coefficient (Wildman–Crippen LogP) is 4.94. The minimum Gasteiger partial charge on any atom is -0.457 e. The molecule has 0 amide bonds. The van der Waals surface area contributed by atoms with Crippen LogP contribution in [-0.4, -0.2) is 0 Å². The highest BCUT2D eigenvalue weighted by Gasteiger charge is 2.23. The molecule has 0 aliphatic carbocycles. The fraction of sp³-hybridized carbons (Fsp3) is 0.0909. The van der Waals surface area contributed by atoms with Crippen LogP contribution in [0.4, 0.5) is 13.2 Å². The first-order chi connectivity index (χ1) is 8.00. The largest absolute Gasteiger partial charge is 0.457 e. The molecule has 0 saturated heterocycles. The molecule has 0 saturated carbocycles. The lowest BCUT2D eigenvalue weighted by atomic mass is 10.1. The van der Waals surface area contributed by atoms with Gasteiger partial charge in [-0.25, -0.2) is 13.2 Å². The molecule has 1 aromatic heterocycles. The van der Waals surface area contributed by atoms with Crippen LogP contribution in [-0.2, 0) is 0 Å². The van der Waals surface area contributed by atoms with Crippen LogP contribution >= 0.6 is 31.9 Å². The molecule has 1 unspecified atom stereocenters. The molecule has 1 heterocycles. The topological polar surface area (TPSA) is 13.1 Å². The normalized spacial score (nSPS) is 12.8. The van der Waals surface area contributed by atoms with Gasteiger partial charge >= 0.3 is 0 Å². The number of furan rings is 1. The van der Waals surface area contributed by atoms with Gasteiger partial charge in [-0.05, 0) is 22.0 Å². The molecule has 1 aromatic carbocycles. The van der Waals surface area contributed by atoms with Crippen LogP contribution < -0.4 is 0 Å². The van der Waals surface area contributed by atoms with Crippen LogP contribution in [0.15, 0.2) is 33.5 Å². The summed E-state index contributed by atoms with van der Waals surface area (Å²) in [4.78, 5) is -0.753. The molecule has 0 bridgehead atoms. The Balaban J connectivity index is 2.51. The van der Waals surface area contributed by atoms with E-state index in [0.717, 1.165) is 0 Å². The molecule has 2 aromatic rings. The average molecular weight is 370 g/mol. The molecular formula is C11H5Br2F3O. The van der Waals surface area contributed by atoms with E-state index >= 15 is 0 Å². The second kappa shape index (κ2) is 4.86. The summed E-state index contributed by atoms with van der Waals surface area (Å²) in [6.07, 6.45) is 1.38. The summed E-state index contributed by atoms with van der Waals surface area (Å²) >= 11 is 6.27. The number of hydrogen-bond acceptors (Lipinski definition) is 1. The van der Waals surface area contributed by atoms with Gasteiger partial charge in [-0.1, -0.05) is 15.9 Å². The van der Waals surface area contributed by atoms with Crippen molar-refractivity contribution in [3.8, 4) is 0 Å². The van der Waals surface area contributed by atoms with Gasteiger partial charge in [0, 0.05) is 23.3 Å². The molecule has 0 fully saturated rings. The Kier molecular flexibility index (Phi) is 3.63. The van der Waals surface area contributed by atoms with E-state index in [4.69, 9.17) is 4.42 Å². The van der Waals surface area contributed by atoms with Crippen molar-refractivity contribution in [2.45, 2.75) is 4.83 Å². The van der Waals surface area contributed by atoms with Crippen molar-refractivity contribution in [2.24, 2.45) is 0 Å². The van der Waals surface area contributed by atoms with Crippen molar-refractivity contribution >= 4 is 31.9 Å². The Morgan fingerprint density at radius 2 is 1.71 bits per heavy atom. The van der Waals surface area contributed by atoms with Crippen molar-refractivity contribution < 1.29 is 17.6 Å². The highest BCUT2D eigenvalue weighted by atomic mass is 79.9. The van der Waals surface area contributed by atoms with E-state index in [1.807, 2.05) is 0 Å². The van der Waals surface area contributed by atoms with Gasteiger partial charge in [0.1, 0.15) is 17.5 Å². The van der Waals surface area contributed by atoms with E-state index in [-0.39, 0.29) is 5.56 Å². The molecule has 1 nitrogen and oxygen atoms in total. The molecule has 0 N–H and O–H groups in total. The summed E-state index contributed by atoms with van der Waals surface area (Å²) in [7, 11) is 0. The van der Waals surface area contributed by atoms with Crippen LogP contribution in [0, 0.1) is 17.5 Å². The maximum atomic E-state index is 13.5. The molecule has 0 aliphatic heterocycles. The van der Waals surface area contributed by atoms with Crippen molar-refractivity contribution in [1.29, 1.82) is 0 Å². The first-order valence-electron chi connectivity index (χ1n) is 4.52. The fourth-order valence-electron chi connectivity index (χ4n) is 1.44. The summed E-state index contributed by atoms with van der Waals surface area (Å²) in [6, 6.07) is 2.84. The second-order valence-corrected chi connectivity index (χ2v) is 4.93. The van der Waals surface area contributed by atoms with Crippen LogP contribution in [0.25, 0.3) is 0 Å². The number of hydrogen-bond donors (Lipinski definition) is 0. The predicted molar refractivity (Wildman–Crippen MR) is 63.5 cm³/mol. The summed E-state index contributed by atoms with van der Waals surface area (Å²) in [6.45, 7) is 0. The third kappa shape index (κ3) is 2.42. The Morgan fingerprint density at radius 1 is 1.12 bits per heavy atom. The molecule has 6 heteroatoms. The highest BCUT2D eigenvalue weighted by Crippen LogP contribution is 2.38. The molecule has 90 valence electrons. The number of alkyl halides is 1. The van der Waals surface area contributed by atoms with Crippen molar-refractivity contribution in [3.05, 3.63) is 57.7 Å². The van der Waals surface area contributed by atoms with Crippen LogP contribution in [0.1, 0.15) is 16.0 Å². The SMILES string of the molecule is Fc1cc(F)c(C(Br)c2ccoc2Br)c(F)c1. The average Bonchev–Trinajstić information content (AvgIpc) is 2.62. The number of rotatable bonds is 2. The lowest BCUT2D eigenvalue weighted by molar-refractivity contribution is 0.522. The third-order valence-corrected chi connectivity index (χ3v) is 3.81. The van der Waals surface area contributed by atoms with Gasteiger partial charge in [0.2, 0.25) is 0 Å². The molecule has 0 aliphatic rings. The zero-order valence-corrected chi connectivity index (χ0v) is 11.4. The summed E-state index contributed by atoms with van der Waals surface area (Å²) < 4.78 is 45.2. The maximum absolute atomic E-state index is 13.5. The standard InChI is InChI=1S/C11H5Br2F3O/c12-10(6-1-2-17-11(6)13)9-7(15)3-5(14)4-8(9)16/h1-4,10H. The molecule has 0 spiro atoms. The first kappa shape index (κ1) is 12.7. The Bertz CT molecular complexity index is 530. The zero-order valence-electron chi connectivity index (χ0n) is 8.18. The van der Waals surface area contributed by atoms with Gasteiger partial charge in [0.15, 0.2) is 4.67 Å². The molecule has 17 heavy (non-hydrogen) atoms. The number of benzene rings is 1. The minimum atomic E-state index is -0.949. The lowest BCUT2D eigenvalue weighted by Gasteiger charge is -2.11. The van der Waals surface area contributed by atoms with E-state index in [0.29, 0.717) is 22.4 Å². The van der Waals surface area contributed by atoms with E-state index in [1.165, 1.54) is 6.26 Å².